The number of rotatable bonds is 1. The molecule has 3 atom stereocenters. The van der Waals surface area contributed by atoms with Crippen molar-refractivity contribution >= 4 is 9.24 Å². The zero-order chi connectivity index (χ0) is 7.78. The summed E-state index contributed by atoms with van der Waals surface area (Å²) >= 11 is 0. The molecule has 0 aliphatic carbocycles. The van der Waals surface area contributed by atoms with Crippen molar-refractivity contribution in [1.29, 1.82) is 0 Å². The first-order valence-electron chi connectivity index (χ1n) is 3.42. The van der Waals surface area contributed by atoms with Gasteiger partial charge in [-0.1, -0.05) is 9.24 Å². The van der Waals surface area contributed by atoms with Gasteiger partial charge in [0.25, 0.3) is 0 Å². The Balaban J connectivity index is 2.58. The zero-order valence-corrected chi connectivity index (χ0v) is 7.33. The van der Waals surface area contributed by atoms with Crippen molar-refractivity contribution in [2.45, 2.75) is 5.41 Å². The first kappa shape index (κ1) is 8.38. The molecule has 1 aliphatic heterocycles. The van der Waals surface area contributed by atoms with Crippen molar-refractivity contribution in [3.05, 3.63) is 0 Å². The van der Waals surface area contributed by atoms with Gasteiger partial charge in [0.05, 0.1) is 0 Å². The van der Waals surface area contributed by atoms with E-state index >= 15 is 0 Å². The van der Waals surface area contributed by atoms with Crippen molar-refractivity contribution in [3.8, 4) is 0 Å². The third-order valence-corrected chi connectivity index (χ3v) is 2.66. The summed E-state index contributed by atoms with van der Waals surface area (Å²) in [5.41, 5.74) is 5.39. The molecule has 0 aromatic carbocycles. The molecule has 0 aromatic rings. The van der Waals surface area contributed by atoms with Gasteiger partial charge in [-0.15, -0.1) is 0 Å². The highest BCUT2D eigenvalue weighted by Crippen LogP contribution is 2.35. The molecule has 0 aromatic heterocycles. The van der Waals surface area contributed by atoms with Gasteiger partial charge in [-0.05, 0) is 13.6 Å². The molecule has 1 rings (SSSR count). The molecule has 1 saturated heterocycles. The highest BCUT2D eigenvalue weighted by Gasteiger charge is 2.41. The van der Waals surface area contributed by atoms with E-state index in [1.54, 1.807) is 0 Å². The summed E-state index contributed by atoms with van der Waals surface area (Å²) in [7, 11) is 4.16. The normalized spacial score (nSPS) is 42.6. The molecule has 60 valence electrons. The van der Waals surface area contributed by atoms with E-state index in [9.17, 15) is 4.39 Å². The molecule has 1 aliphatic rings. The van der Waals surface area contributed by atoms with Crippen LogP contribution in [0.15, 0.2) is 0 Å². The van der Waals surface area contributed by atoms with Crippen molar-refractivity contribution < 1.29 is 4.39 Å². The summed E-state index contributed by atoms with van der Waals surface area (Å²) < 4.78 is 13.4. The number of nitrogens with zero attached hydrogens (tertiary/aromatic N) is 1. The SMILES string of the molecule is CN1CC(CN)C(F)(P)C1. The first-order valence-corrected chi connectivity index (χ1v) is 4.00. The van der Waals surface area contributed by atoms with E-state index in [2.05, 4.69) is 9.24 Å². The molecule has 0 bridgehead atoms. The molecular formula is C6H14FN2P. The van der Waals surface area contributed by atoms with E-state index in [1.165, 1.54) is 0 Å². The topological polar surface area (TPSA) is 29.3 Å². The summed E-state index contributed by atoms with van der Waals surface area (Å²) in [6.45, 7) is 1.69. The second-order valence-corrected chi connectivity index (χ2v) is 4.02. The van der Waals surface area contributed by atoms with Crippen LogP contribution in [0, 0.1) is 5.92 Å². The van der Waals surface area contributed by atoms with Crippen molar-refractivity contribution in [2.75, 3.05) is 26.7 Å². The van der Waals surface area contributed by atoms with Crippen molar-refractivity contribution in [3.63, 3.8) is 0 Å². The third-order valence-electron chi connectivity index (χ3n) is 2.01. The third kappa shape index (κ3) is 1.47. The minimum absolute atomic E-state index is 0.0116. The van der Waals surface area contributed by atoms with Gasteiger partial charge >= 0.3 is 0 Å². The number of nitrogens with two attached hydrogens (primary N) is 1. The van der Waals surface area contributed by atoms with Crippen LogP contribution in [0.3, 0.4) is 0 Å². The van der Waals surface area contributed by atoms with Crippen LogP contribution in [0.1, 0.15) is 0 Å². The summed E-state index contributed by atoms with van der Waals surface area (Å²) in [5.74, 6) is -0.0116. The van der Waals surface area contributed by atoms with Crippen LogP contribution < -0.4 is 5.73 Å². The quantitative estimate of drug-likeness (QED) is 0.555. The largest absolute Gasteiger partial charge is 0.330 e. The van der Waals surface area contributed by atoms with Gasteiger partial charge in [0, 0.05) is 19.0 Å². The predicted molar refractivity (Wildman–Crippen MR) is 43.6 cm³/mol. The van der Waals surface area contributed by atoms with Crippen LogP contribution in [0.2, 0.25) is 0 Å². The smallest absolute Gasteiger partial charge is 0.141 e. The minimum Gasteiger partial charge on any atom is -0.330 e. The van der Waals surface area contributed by atoms with E-state index in [1.807, 2.05) is 11.9 Å². The van der Waals surface area contributed by atoms with Gasteiger partial charge in [-0.25, -0.2) is 4.39 Å². The Kier molecular flexibility index (Phi) is 2.28. The molecule has 10 heavy (non-hydrogen) atoms. The number of alkyl halides is 1. The maximum atomic E-state index is 13.4. The van der Waals surface area contributed by atoms with Crippen LogP contribution in [0.5, 0.6) is 0 Å². The summed E-state index contributed by atoms with van der Waals surface area (Å²) in [6.07, 6.45) is 0. The standard InChI is InChI=1S/C6H14FN2P/c1-9-3-5(2-8)6(7,10)4-9/h5H,2-4,8,10H2,1H3. The van der Waals surface area contributed by atoms with E-state index in [4.69, 9.17) is 5.73 Å². The van der Waals surface area contributed by atoms with Crippen molar-refractivity contribution in [2.24, 2.45) is 11.7 Å². The van der Waals surface area contributed by atoms with E-state index in [0.717, 1.165) is 6.54 Å². The summed E-state index contributed by atoms with van der Waals surface area (Å²) in [6, 6.07) is 0. The van der Waals surface area contributed by atoms with E-state index in [-0.39, 0.29) is 5.92 Å². The van der Waals surface area contributed by atoms with Crippen LogP contribution in [0.25, 0.3) is 0 Å². The minimum atomic E-state index is -1.15. The molecular weight excluding hydrogens is 150 g/mol. The van der Waals surface area contributed by atoms with Gasteiger partial charge in [-0.2, -0.15) is 0 Å². The number of hydrogen-bond acceptors (Lipinski definition) is 2. The van der Waals surface area contributed by atoms with E-state index < -0.39 is 5.41 Å². The van der Waals surface area contributed by atoms with Gasteiger partial charge in [0.2, 0.25) is 0 Å². The number of likely N-dealkylation sites (tertiary alicyclic amines) is 1. The van der Waals surface area contributed by atoms with Gasteiger partial charge in [-0.3, -0.25) is 0 Å². The number of halogens is 1. The Morgan fingerprint density at radius 3 is 2.70 bits per heavy atom. The Morgan fingerprint density at radius 2 is 2.50 bits per heavy atom. The average molecular weight is 164 g/mol. The molecule has 1 fully saturated rings. The molecule has 0 amide bonds. The van der Waals surface area contributed by atoms with Gasteiger partial charge in [0.1, 0.15) is 5.41 Å². The lowest BCUT2D eigenvalue weighted by atomic mass is 10.1. The van der Waals surface area contributed by atoms with Gasteiger partial charge in [0.15, 0.2) is 0 Å². The average Bonchev–Trinajstić information content (AvgIpc) is 2.04. The highest BCUT2D eigenvalue weighted by atomic mass is 31.0. The molecule has 3 unspecified atom stereocenters. The lowest BCUT2D eigenvalue weighted by Gasteiger charge is -2.18. The molecule has 0 spiro atoms. The van der Waals surface area contributed by atoms with Crippen LogP contribution in [0.4, 0.5) is 4.39 Å². The van der Waals surface area contributed by atoms with Crippen LogP contribution in [-0.4, -0.2) is 37.0 Å². The molecule has 0 radical (unpaired) electrons. The molecule has 4 heteroatoms. The summed E-state index contributed by atoms with van der Waals surface area (Å²) in [5, 5.41) is -1.15. The maximum absolute atomic E-state index is 13.4. The van der Waals surface area contributed by atoms with Crippen LogP contribution >= 0.6 is 9.24 Å². The second kappa shape index (κ2) is 2.72. The summed E-state index contributed by atoms with van der Waals surface area (Å²) in [4.78, 5) is 1.96. The maximum Gasteiger partial charge on any atom is 0.141 e. The highest BCUT2D eigenvalue weighted by molar-refractivity contribution is 7.18. The molecule has 2 nitrogen and oxygen atoms in total. The lowest BCUT2D eigenvalue weighted by molar-refractivity contribution is 0.239. The zero-order valence-electron chi connectivity index (χ0n) is 6.18. The van der Waals surface area contributed by atoms with Gasteiger partial charge < -0.3 is 10.6 Å². The molecule has 1 heterocycles. The molecule has 2 N–H and O–H groups in total. The Hall–Kier alpha value is 0.280. The fraction of sp³-hybridized carbons (Fsp3) is 1.00. The Bertz CT molecular complexity index is 129. The Morgan fingerprint density at radius 1 is 1.90 bits per heavy atom. The second-order valence-electron chi connectivity index (χ2n) is 3.06. The van der Waals surface area contributed by atoms with Crippen LogP contribution in [-0.2, 0) is 0 Å². The fourth-order valence-electron chi connectivity index (χ4n) is 1.41. The first-order chi connectivity index (χ1) is 4.56. The number of hydrogen-bond donors (Lipinski definition) is 1. The van der Waals surface area contributed by atoms with E-state index in [0.29, 0.717) is 13.1 Å². The monoisotopic (exact) mass is 164 g/mol. The predicted octanol–water partition coefficient (Wildman–Crippen LogP) is 0.0476. The Labute approximate surface area is 63.2 Å². The van der Waals surface area contributed by atoms with Crippen molar-refractivity contribution in [1.82, 2.24) is 4.90 Å². The lowest BCUT2D eigenvalue weighted by Crippen LogP contribution is -2.30. The fourth-order valence-corrected chi connectivity index (χ4v) is 1.96. The molecule has 0 saturated carbocycles.